The molecule has 5 N–H and O–H groups in total. The van der Waals surface area contributed by atoms with Crippen molar-refractivity contribution in [2.75, 3.05) is 13.1 Å². The average molecular weight is 290 g/mol. The number of nitrogens with two attached hydrogens (primary N) is 2. The molecule has 2 unspecified atom stereocenters. The molecule has 0 saturated carbocycles. The Kier molecular flexibility index (Phi) is 5.30. The van der Waals surface area contributed by atoms with Gasteiger partial charge in [0.1, 0.15) is 0 Å². The third-order valence-electron chi connectivity index (χ3n) is 3.63. The fourth-order valence-electron chi connectivity index (χ4n) is 2.55. The van der Waals surface area contributed by atoms with E-state index >= 15 is 0 Å². The molecule has 21 heavy (non-hydrogen) atoms. The second-order valence-electron chi connectivity index (χ2n) is 5.49. The predicted molar refractivity (Wildman–Crippen MR) is 80.1 cm³/mol. The number of benzene rings is 1. The van der Waals surface area contributed by atoms with Gasteiger partial charge in [-0.3, -0.25) is 14.5 Å². The van der Waals surface area contributed by atoms with Crippen molar-refractivity contribution in [2.45, 2.75) is 31.5 Å². The van der Waals surface area contributed by atoms with Crippen LogP contribution in [0.5, 0.6) is 0 Å². The molecule has 1 aromatic rings. The van der Waals surface area contributed by atoms with Crippen LogP contribution in [0.15, 0.2) is 30.3 Å². The molecule has 1 aromatic carbocycles. The number of carbonyl (C=O) groups is 2. The summed E-state index contributed by atoms with van der Waals surface area (Å²) in [5.74, 6) is -0.866. The van der Waals surface area contributed by atoms with Gasteiger partial charge in [-0.1, -0.05) is 30.3 Å². The maximum atomic E-state index is 11.8. The highest BCUT2D eigenvalue weighted by atomic mass is 16.2. The maximum absolute atomic E-state index is 11.8. The SMILES string of the molecule is NC(=O)CC(N)C(=O)NC1CCN(Cc2ccccc2)C1. The van der Waals surface area contributed by atoms with Crippen molar-refractivity contribution in [2.24, 2.45) is 11.5 Å². The van der Waals surface area contributed by atoms with Gasteiger partial charge in [0.25, 0.3) is 0 Å². The Balaban J connectivity index is 1.77. The van der Waals surface area contributed by atoms with Crippen LogP contribution < -0.4 is 16.8 Å². The second-order valence-corrected chi connectivity index (χ2v) is 5.49. The van der Waals surface area contributed by atoms with E-state index in [1.807, 2.05) is 18.2 Å². The van der Waals surface area contributed by atoms with Crippen LogP contribution in [0.3, 0.4) is 0 Å². The van der Waals surface area contributed by atoms with Gasteiger partial charge in [0.15, 0.2) is 0 Å². The van der Waals surface area contributed by atoms with Gasteiger partial charge in [0.2, 0.25) is 11.8 Å². The summed E-state index contributed by atoms with van der Waals surface area (Å²) in [6, 6.07) is 9.45. The molecule has 1 aliphatic rings. The molecular weight excluding hydrogens is 268 g/mol. The van der Waals surface area contributed by atoms with Crippen molar-refractivity contribution < 1.29 is 9.59 Å². The molecule has 1 aliphatic heterocycles. The number of amides is 2. The topological polar surface area (TPSA) is 101 Å². The first kappa shape index (κ1) is 15.5. The quantitative estimate of drug-likeness (QED) is 0.662. The van der Waals surface area contributed by atoms with Crippen LogP contribution in [-0.2, 0) is 16.1 Å². The first-order chi connectivity index (χ1) is 10.0. The summed E-state index contributed by atoms with van der Waals surface area (Å²) < 4.78 is 0. The summed E-state index contributed by atoms with van der Waals surface area (Å²) in [6.07, 6.45) is 0.772. The van der Waals surface area contributed by atoms with E-state index in [1.165, 1.54) is 5.56 Å². The molecule has 0 aliphatic carbocycles. The molecule has 0 aromatic heterocycles. The number of carbonyl (C=O) groups excluding carboxylic acids is 2. The van der Waals surface area contributed by atoms with Crippen molar-refractivity contribution in [3.05, 3.63) is 35.9 Å². The van der Waals surface area contributed by atoms with Gasteiger partial charge >= 0.3 is 0 Å². The third kappa shape index (κ3) is 4.84. The molecule has 2 atom stereocenters. The molecule has 6 nitrogen and oxygen atoms in total. The lowest BCUT2D eigenvalue weighted by molar-refractivity contribution is -0.126. The molecule has 2 amide bonds. The minimum atomic E-state index is -0.856. The standard InChI is InChI=1S/C15H22N4O2/c16-13(8-14(17)20)15(21)18-12-6-7-19(10-12)9-11-4-2-1-3-5-11/h1-5,12-13H,6-10,16H2,(H2,17,20)(H,18,21). The normalized spacial score (nSPS) is 20.1. The molecule has 2 rings (SSSR count). The van der Waals surface area contributed by atoms with Crippen LogP contribution in [0, 0.1) is 0 Å². The minimum absolute atomic E-state index is 0.0835. The highest BCUT2D eigenvalue weighted by Crippen LogP contribution is 2.13. The van der Waals surface area contributed by atoms with Crippen LogP contribution in [0.25, 0.3) is 0 Å². The van der Waals surface area contributed by atoms with E-state index in [2.05, 4.69) is 22.3 Å². The van der Waals surface area contributed by atoms with Crippen molar-refractivity contribution in [1.82, 2.24) is 10.2 Å². The van der Waals surface area contributed by atoms with Gasteiger partial charge in [-0.25, -0.2) is 0 Å². The molecule has 114 valence electrons. The van der Waals surface area contributed by atoms with E-state index < -0.39 is 11.9 Å². The Morgan fingerprint density at radius 2 is 2.05 bits per heavy atom. The highest BCUT2D eigenvalue weighted by molar-refractivity contribution is 5.87. The summed E-state index contributed by atoms with van der Waals surface area (Å²) in [7, 11) is 0. The van der Waals surface area contributed by atoms with Gasteiger partial charge in [-0.15, -0.1) is 0 Å². The molecule has 0 bridgehead atoms. The molecule has 0 radical (unpaired) electrons. The Morgan fingerprint density at radius 3 is 2.71 bits per heavy atom. The van der Waals surface area contributed by atoms with Gasteiger partial charge in [0, 0.05) is 25.7 Å². The third-order valence-corrected chi connectivity index (χ3v) is 3.63. The zero-order valence-corrected chi connectivity index (χ0v) is 12.0. The number of primary amides is 1. The number of likely N-dealkylation sites (tertiary alicyclic amines) is 1. The van der Waals surface area contributed by atoms with E-state index in [-0.39, 0.29) is 18.4 Å². The summed E-state index contributed by atoms with van der Waals surface area (Å²) in [4.78, 5) is 24.9. The zero-order chi connectivity index (χ0) is 15.2. The van der Waals surface area contributed by atoms with Crippen molar-refractivity contribution in [3.8, 4) is 0 Å². The Hall–Kier alpha value is -1.92. The Morgan fingerprint density at radius 1 is 1.33 bits per heavy atom. The number of nitrogens with one attached hydrogen (secondary N) is 1. The Bertz CT molecular complexity index is 492. The smallest absolute Gasteiger partial charge is 0.237 e. The van der Waals surface area contributed by atoms with Gasteiger partial charge in [-0.2, -0.15) is 0 Å². The lowest BCUT2D eigenvalue weighted by Gasteiger charge is -2.18. The van der Waals surface area contributed by atoms with Crippen molar-refractivity contribution in [1.29, 1.82) is 0 Å². The van der Waals surface area contributed by atoms with Crippen LogP contribution in [0.4, 0.5) is 0 Å². The Labute approximate surface area is 124 Å². The maximum Gasteiger partial charge on any atom is 0.237 e. The summed E-state index contributed by atoms with van der Waals surface area (Å²) in [5, 5.41) is 2.89. The largest absolute Gasteiger partial charge is 0.370 e. The van der Waals surface area contributed by atoms with Crippen LogP contribution >= 0.6 is 0 Å². The van der Waals surface area contributed by atoms with Crippen LogP contribution in [0.1, 0.15) is 18.4 Å². The first-order valence-corrected chi connectivity index (χ1v) is 7.15. The number of hydrogen-bond donors (Lipinski definition) is 3. The lowest BCUT2D eigenvalue weighted by Crippen LogP contribution is -2.47. The molecule has 1 saturated heterocycles. The fourth-order valence-corrected chi connectivity index (χ4v) is 2.55. The predicted octanol–water partition coefficient (Wildman–Crippen LogP) is -0.420. The van der Waals surface area contributed by atoms with Crippen LogP contribution in [0.2, 0.25) is 0 Å². The fraction of sp³-hybridized carbons (Fsp3) is 0.467. The van der Waals surface area contributed by atoms with E-state index in [0.29, 0.717) is 0 Å². The summed E-state index contributed by atoms with van der Waals surface area (Å²) in [5.41, 5.74) is 11.9. The monoisotopic (exact) mass is 290 g/mol. The number of nitrogens with zero attached hydrogens (tertiary/aromatic N) is 1. The summed E-state index contributed by atoms with van der Waals surface area (Å²) >= 11 is 0. The highest BCUT2D eigenvalue weighted by Gasteiger charge is 2.26. The zero-order valence-electron chi connectivity index (χ0n) is 12.0. The van der Waals surface area contributed by atoms with Gasteiger partial charge in [0.05, 0.1) is 12.5 Å². The van der Waals surface area contributed by atoms with E-state index in [1.54, 1.807) is 0 Å². The first-order valence-electron chi connectivity index (χ1n) is 7.15. The molecule has 6 heteroatoms. The van der Waals surface area contributed by atoms with E-state index in [9.17, 15) is 9.59 Å². The number of hydrogen-bond acceptors (Lipinski definition) is 4. The van der Waals surface area contributed by atoms with E-state index in [0.717, 1.165) is 26.1 Å². The lowest BCUT2D eigenvalue weighted by atomic mass is 10.1. The minimum Gasteiger partial charge on any atom is -0.370 e. The molecule has 0 spiro atoms. The van der Waals surface area contributed by atoms with Gasteiger partial charge in [-0.05, 0) is 12.0 Å². The van der Waals surface area contributed by atoms with E-state index in [4.69, 9.17) is 11.5 Å². The average Bonchev–Trinajstić information content (AvgIpc) is 2.86. The molecule has 1 fully saturated rings. The van der Waals surface area contributed by atoms with Gasteiger partial charge < -0.3 is 16.8 Å². The second kappa shape index (κ2) is 7.19. The van der Waals surface area contributed by atoms with Crippen molar-refractivity contribution >= 4 is 11.8 Å². The summed E-state index contributed by atoms with van der Waals surface area (Å²) in [6.45, 7) is 2.61. The number of rotatable bonds is 6. The molecule has 1 heterocycles. The molecular formula is C15H22N4O2. The van der Waals surface area contributed by atoms with Crippen LogP contribution in [-0.4, -0.2) is 41.9 Å². The van der Waals surface area contributed by atoms with Crippen molar-refractivity contribution in [3.63, 3.8) is 0 Å².